The van der Waals surface area contributed by atoms with E-state index in [1.165, 1.54) is 12.1 Å². The number of nitrogens with two attached hydrogens (primary N) is 1. The SMILES string of the molecule is CS(=O)(=O)c1ccc(CNC(=O)c2cc(-c3ccncc3)cc3[nH]c(N)nc23)cc1. The fraction of sp³-hybridized carbons (Fsp3) is 0.0952. The average molecular weight is 421 g/mol. The Hall–Kier alpha value is -3.72. The molecule has 152 valence electrons. The predicted molar refractivity (Wildman–Crippen MR) is 114 cm³/mol. The molecule has 4 rings (SSSR count). The number of pyridine rings is 1. The number of H-pyrrole nitrogens is 1. The molecule has 0 unspecified atom stereocenters. The number of amides is 1. The molecule has 4 N–H and O–H groups in total. The zero-order valence-electron chi connectivity index (χ0n) is 16.1. The maximum Gasteiger partial charge on any atom is 0.253 e. The second kappa shape index (κ2) is 7.60. The number of aromatic nitrogens is 3. The predicted octanol–water partition coefficient (Wildman–Crippen LogP) is 2.54. The number of nitrogens with one attached hydrogen (secondary N) is 2. The number of nitrogens with zero attached hydrogens (tertiary/aromatic N) is 2. The number of imidazole rings is 1. The molecule has 0 bridgehead atoms. The highest BCUT2D eigenvalue weighted by molar-refractivity contribution is 7.90. The number of sulfone groups is 1. The van der Waals surface area contributed by atoms with E-state index in [2.05, 4.69) is 20.3 Å². The third-order valence-electron chi connectivity index (χ3n) is 4.67. The molecule has 1 amide bonds. The number of hydrogen-bond donors (Lipinski definition) is 3. The van der Waals surface area contributed by atoms with Gasteiger partial charge in [-0.25, -0.2) is 13.4 Å². The first-order valence-electron chi connectivity index (χ1n) is 9.08. The molecule has 0 aliphatic carbocycles. The van der Waals surface area contributed by atoms with Gasteiger partial charge in [0, 0.05) is 25.2 Å². The lowest BCUT2D eigenvalue weighted by Crippen LogP contribution is -2.23. The number of rotatable bonds is 5. The molecule has 0 saturated carbocycles. The number of aromatic amines is 1. The summed E-state index contributed by atoms with van der Waals surface area (Å²) < 4.78 is 23.2. The largest absolute Gasteiger partial charge is 0.369 e. The van der Waals surface area contributed by atoms with E-state index in [0.717, 1.165) is 22.9 Å². The lowest BCUT2D eigenvalue weighted by molar-refractivity contribution is 0.0952. The topological polar surface area (TPSA) is 131 Å². The molecule has 2 aromatic heterocycles. The van der Waals surface area contributed by atoms with Crippen molar-refractivity contribution in [1.29, 1.82) is 0 Å². The van der Waals surface area contributed by atoms with Crippen LogP contribution < -0.4 is 11.1 Å². The molecule has 0 atom stereocenters. The summed E-state index contributed by atoms with van der Waals surface area (Å²) in [5.74, 6) is -0.0862. The molecule has 30 heavy (non-hydrogen) atoms. The number of carbonyl (C=O) groups excluding carboxylic acids is 1. The highest BCUT2D eigenvalue weighted by Gasteiger charge is 2.16. The van der Waals surface area contributed by atoms with Gasteiger partial charge in [-0.1, -0.05) is 12.1 Å². The van der Waals surface area contributed by atoms with Gasteiger partial charge in [0.2, 0.25) is 0 Å². The van der Waals surface area contributed by atoms with Crippen LogP contribution >= 0.6 is 0 Å². The summed E-state index contributed by atoms with van der Waals surface area (Å²) in [6, 6.07) is 13.7. The van der Waals surface area contributed by atoms with Gasteiger partial charge >= 0.3 is 0 Å². The first-order valence-corrected chi connectivity index (χ1v) is 11.0. The summed E-state index contributed by atoms with van der Waals surface area (Å²) in [5, 5.41) is 2.86. The third-order valence-corrected chi connectivity index (χ3v) is 5.80. The van der Waals surface area contributed by atoms with Gasteiger partial charge in [-0.05, 0) is 53.1 Å². The van der Waals surface area contributed by atoms with Gasteiger partial charge < -0.3 is 16.0 Å². The van der Waals surface area contributed by atoms with Crippen molar-refractivity contribution in [1.82, 2.24) is 20.3 Å². The summed E-state index contributed by atoms with van der Waals surface area (Å²) in [6.45, 7) is 0.240. The lowest BCUT2D eigenvalue weighted by Gasteiger charge is -2.09. The van der Waals surface area contributed by atoms with Gasteiger partial charge in [0.05, 0.1) is 16.0 Å². The molecule has 0 aliphatic rings. The van der Waals surface area contributed by atoms with Crippen LogP contribution in [0.5, 0.6) is 0 Å². The van der Waals surface area contributed by atoms with Crippen molar-refractivity contribution in [2.24, 2.45) is 0 Å². The van der Waals surface area contributed by atoms with E-state index in [1.807, 2.05) is 18.2 Å². The number of carbonyl (C=O) groups is 1. The number of fused-ring (bicyclic) bond motifs is 1. The number of hydrogen-bond acceptors (Lipinski definition) is 6. The third kappa shape index (κ3) is 4.01. The van der Waals surface area contributed by atoms with Crippen LogP contribution in [0.2, 0.25) is 0 Å². The molecular weight excluding hydrogens is 402 g/mol. The Morgan fingerprint density at radius 1 is 1.07 bits per heavy atom. The summed E-state index contributed by atoms with van der Waals surface area (Å²) in [6.07, 6.45) is 4.52. The van der Waals surface area contributed by atoms with Crippen LogP contribution in [0.1, 0.15) is 15.9 Å². The molecule has 9 heteroatoms. The number of nitrogen functional groups attached to an aromatic ring is 1. The van der Waals surface area contributed by atoms with Gasteiger partial charge in [-0.15, -0.1) is 0 Å². The Bertz CT molecular complexity index is 1330. The summed E-state index contributed by atoms with van der Waals surface area (Å²) >= 11 is 0. The summed E-state index contributed by atoms with van der Waals surface area (Å²) in [7, 11) is -3.26. The Labute approximate surface area is 173 Å². The van der Waals surface area contributed by atoms with Crippen LogP contribution in [0.4, 0.5) is 5.95 Å². The Kier molecular flexibility index (Phi) is 4.96. The maximum atomic E-state index is 12.9. The van der Waals surface area contributed by atoms with Crippen molar-refractivity contribution in [3.8, 4) is 11.1 Å². The van der Waals surface area contributed by atoms with Crippen molar-refractivity contribution in [3.05, 3.63) is 72.1 Å². The Balaban J connectivity index is 1.62. The quantitative estimate of drug-likeness (QED) is 0.454. The monoisotopic (exact) mass is 421 g/mol. The first kappa shape index (κ1) is 19.6. The van der Waals surface area contributed by atoms with Crippen LogP contribution in [-0.2, 0) is 16.4 Å². The fourth-order valence-corrected chi connectivity index (χ4v) is 3.78. The Morgan fingerprint density at radius 3 is 2.43 bits per heavy atom. The molecule has 0 radical (unpaired) electrons. The van der Waals surface area contributed by atoms with Crippen molar-refractivity contribution in [3.63, 3.8) is 0 Å². The van der Waals surface area contributed by atoms with E-state index < -0.39 is 9.84 Å². The molecule has 0 fully saturated rings. The van der Waals surface area contributed by atoms with Crippen LogP contribution in [0.15, 0.2) is 65.8 Å². The minimum Gasteiger partial charge on any atom is -0.369 e. The van der Waals surface area contributed by atoms with E-state index in [4.69, 9.17) is 5.73 Å². The summed E-state index contributed by atoms with van der Waals surface area (Å²) in [4.78, 5) is 24.4. The zero-order valence-corrected chi connectivity index (χ0v) is 16.9. The normalized spacial score (nSPS) is 11.5. The molecule has 4 aromatic rings. The van der Waals surface area contributed by atoms with Crippen LogP contribution in [0.25, 0.3) is 22.2 Å². The lowest BCUT2D eigenvalue weighted by atomic mass is 10.0. The fourth-order valence-electron chi connectivity index (χ4n) is 3.15. The van der Waals surface area contributed by atoms with Crippen molar-refractivity contribution in [2.75, 3.05) is 12.0 Å². The first-order chi connectivity index (χ1) is 14.3. The van der Waals surface area contributed by atoms with Gasteiger partial charge in [0.1, 0.15) is 5.52 Å². The summed E-state index contributed by atoms with van der Waals surface area (Å²) in [5.41, 5.74) is 9.85. The van der Waals surface area contributed by atoms with E-state index in [-0.39, 0.29) is 23.3 Å². The van der Waals surface area contributed by atoms with Crippen LogP contribution in [-0.4, -0.2) is 35.5 Å². The van der Waals surface area contributed by atoms with Crippen molar-refractivity contribution in [2.45, 2.75) is 11.4 Å². The molecule has 2 heterocycles. The molecule has 2 aromatic carbocycles. The van der Waals surface area contributed by atoms with Gasteiger partial charge in [-0.2, -0.15) is 0 Å². The molecule has 8 nitrogen and oxygen atoms in total. The van der Waals surface area contributed by atoms with E-state index >= 15 is 0 Å². The maximum absolute atomic E-state index is 12.9. The zero-order chi connectivity index (χ0) is 21.3. The van der Waals surface area contributed by atoms with Crippen LogP contribution in [0.3, 0.4) is 0 Å². The second-order valence-corrected chi connectivity index (χ2v) is 8.89. The molecule has 0 aliphatic heterocycles. The van der Waals surface area contributed by atoms with E-state index in [0.29, 0.717) is 16.6 Å². The number of benzene rings is 2. The average Bonchev–Trinajstić information content (AvgIpc) is 3.11. The molecular formula is C21H19N5O3S. The standard InChI is InChI=1S/C21H19N5O3S/c1-30(28,29)16-4-2-13(3-5-16)12-24-20(27)17-10-15(14-6-8-23-9-7-14)11-18-19(17)26-21(22)25-18/h2-11H,12H2,1H3,(H,24,27)(H3,22,25,26). The second-order valence-electron chi connectivity index (χ2n) is 6.88. The van der Waals surface area contributed by atoms with Crippen molar-refractivity contribution >= 4 is 32.7 Å². The van der Waals surface area contributed by atoms with Crippen molar-refractivity contribution < 1.29 is 13.2 Å². The smallest absolute Gasteiger partial charge is 0.253 e. The highest BCUT2D eigenvalue weighted by atomic mass is 32.2. The minimum absolute atomic E-state index is 0.224. The van der Waals surface area contributed by atoms with E-state index in [1.54, 1.807) is 30.6 Å². The molecule has 0 saturated heterocycles. The van der Waals surface area contributed by atoms with Gasteiger partial charge in [-0.3, -0.25) is 9.78 Å². The number of anilines is 1. The highest BCUT2D eigenvalue weighted by Crippen LogP contribution is 2.27. The van der Waals surface area contributed by atoms with Gasteiger partial charge in [0.15, 0.2) is 15.8 Å². The van der Waals surface area contributed by atoms with Gasteiger partial charge in [0.25, 0.3) is 5.91 Å². The van der Waals surface area contributed by atoms with E-state index in [9.17, 15) is 13.2 Å². The Morgan fingerprint density at radius 2 is 1.77 bits per heavy atom. The van der Waals surface area contributed by atoms with Crippen LogP contribution in [0, 0.1) is 0 Å². The minimum atomic E-state index is -3.26. The molecule has 0 spiro atoms.